The number of hydrogen-bond acceptors (Lipinski definition) is 1. The van der Waals surface area contributed by atoms with Crippen molar-refractivity contribution in [3.8, 4) is 0 Å². The molecule has 4 aliphatic carbocycles. The van der Waals surface area contributed by atoms with Crippen molar-refractivity contribution in [2.24, 2.45) is 46.3 Å². The minimum absolute atomic E-state index is 0.166. The molecule has 3 saturated carbocycles. The summed E-state index contributed by atoms with van der Waals surface area (Å²) in [6, 6.07) is 10.4. The van der Waals surface area contributed by atoms with Crippen LogP contribution >= 0.6 is 0 Å². The van der Waals surface area contributed by atoms with Crippen molar-refractivity contribution in [1.29, 1.82) is 0 Å². The molecular weight excluding hydrogens is 424 g/mol. The molecule has 190 valence electrons. The molecule has 0 unspecified atom stereocenters. The Labute approximate surface area is 214 Å². The highest BCUT2D eigenvalue weighted by Gasteiger charge is 2.59. The van der Waals surface area contributed by atoms with Crippen molar-refractivity contribution in [2.75, 3.05) is 0 Å². The van der Waals surface area contributed by atoms with E-state index < -0.39 is 0 Å². The predicted molar refractivity (Wildman–Crippen MR) is 148 cm³/mol. The third-order valence-electron chi connectivity index (χ3n) is 11.3. The zero-order valence-corrected chi connectivity index (χ0v) is 23.0. The first-order valence-corrected chi connectivity index (χ1v) is 14.7. The first-order valence-electron chi connectivity index (χ1n) is 14.7. The third-order valence-corrected chi connectivity index (χ3v) is 11.3. The van der Waals surface area contributed by atoms with Gasteiger partial charge in [0.25, 0.3) is 0 Å². The van der Waals surface area contributed by atoms with Crippen LogP contribution in [0.2, 0.25) is 0 Å². The summed E-state index contributed by atoms with van der Waals surface area (Å²) in [6.45, 7) is 12.5. The van der Waals surface area contributed by atoms with Crippen LogP contribution in [0.4, 0.5) is 0 Å². The molecule has 0 N–H and O–H groups in total. The summed E-state index contributed by atoms with van der Waals surface area (Å²) in [4.78, 5) is 13.1. The van der Waals surface area contributed by atoms with Crippen molar-refractivity contribution in [1.82, 2.24) is 0 Å². The van der Waals surface area contributed by atoms with Crippen LogP contribution in [-0.4, -0.2) is 5.78 Å². The second-order valence-electron chi connectivity index (χ2n) is 13.7. The van der Waals surface area contributed by atoms with Crippen molar-refractivity contribution in [3.63, 3.8) is 0 Å². The number of rotatable bonds is 6. The van der Waals surface area contributed by atoms with E-state index in [1.54, 1.807) is 0 Å². The monoisotopic (exact) mass is 472 g/mol. The maximum Gasteiger partial charge on any atom is 0.181 e. The van der Waals surface area contributed by atoms with Crippen molar-refractivity contribution < 1.29 is 4.79 Å². The predicted octanol–water partition coefficient (Wildman–Crippen LogP) is 9.29. The molecule has 0 aliphatic heterocycles. The lowest BCUT2D eigenvalue weighted by Crippen LogP contribution is -2.51. The fourth-order valence-electron chi connectivity index (χ4n) is 9.44. The Morgan fingerprint density at radius 1 is 0.971 bits per heavy atom. The van der Waals surface area contributed by atoms with E-state index in [9.17, 15) is 4.79 Å². The van der Waals surface area contributed by atoms with Gasteiger partial charge in [-0.15, -0.1) is 0 Å². The number of ketones is 1. The van der Waals surface area contributed by atoms with Crippen LogP contribution in [0, 0.1) is 46.3 Å². The van der Waals surface area contributed by atoms with Crippen molar-refractivity contribution in [2.45, 2.75) is 98.8 Å². The van der Waals surface area contributed by atoms with Gasteiger partial charge in [-0.3, -0.25) is 4.79 Å². The lowest BCUT2D eigenvalue weighted by atomic mass is 9.46. The molecule has 0 saturated heterocycles. The molecule has 35 heavy (non-hydrogen) atoms. The van der Waals surface area contributed by atoms with Gasteiger partial charge in [-0.25, -0.2) is 0 Å². The van der Waals surface area contributed by atoms with E-state index in [1.807, 2.05) is 0 Å². The average Bonchev–Trinajstić information content (AvgIpc) is 3.18. The van der Waals surface area contributed by atoms with Crippen LogP contribution in [-0.2, 0) is 4.79 Å². The van der Waals surface area contributed by atoms with Crippen LogP contribution < -0.4 is 0 Å². The van der Waals surface area contributed by atoms with Crippen molar-refractivity contribution >= 4 is 11.9 Å². The van der Waals surface area contributed by atoms with E-state index in [0.29, 0.717) is 5.41 Å². The quantitative estimate of drug-likeness (QED) is 0.377. The van der Waals surface area contributed by atoms with Gasteiger partial charge in [-0.2, -0.15) is 0 Å². The minimum atomic E-state index is 0.166. The fourth-order valence-corrected chi connectivity index (χ4v) is 9.44. The topological polar surface area (TPSA) is 17.1 Å². The Morgan fingerprint density at radius 3 is 2.49 bits per heavy atom. The number of fused-ring (bicyclic) bond motifs is 5. The highest BCUT2D eigenvalue weighted by Crippen LogP contribution is 2.68. The van der Waals surface area contributed by atoms with E-state index in [1.165, 1.54) is 56.9 Å². The highest BCUT2D eigenvalue weighted by atomic mass is 16.1. The Bertz CT molecular complexity index is 983. The van der Waals surface area contributed by atoms with Gasteiger partial charge in [-0.05, 0) is 109 Å². The van der Waals surface area contributed by atoms with Gasteiger partial charge in [0.2, 0.25) is 0 Å². The van der Waals surface area contributed by atoms with Crippen LogP contribution in [0.5, 0.6) is 0 Å². The summed E-state index contributed by atoms with van der Waals surface area (Å²) in [5.41, 5.74) is 4.35. The molecule has 1 heteroatoms. The van der Waals surface area contributed by atoms with Gasteiger partial charge in [0, 0.05) is 5.57 Å². The molecule has 0 spiro atoms. The SMILES string of the molecule is CC(C)CCC[C@@H](C)[C@H]1CC[C@H]2[C@@H]3CCC4=CC(=O)/C(=C\c5ccccc5)C[C@]4(C)[C@H]3CC[C@]12C. The molecule has 0 radical (unpaired) electrons. The Morgan fingerprint density at radius 2 is 1.74 bits per heavy atom. The molecule has 1 aromatic carbocycles. The second-order valence-corrected chi connectivity index (χ2v) is 13.7. The van der Waals surface area contributed by atoms with E-state index in [-0.39, 0.29) is 11.2 Å². The minimum Gasteiger partial charge on any atom is -0.290 e. The summed E-state index contributed by atoms with van der Waals surface area (Å²) in [6.07, 6.45) is 17.5. The Hall–Kier alpha value is -1.63. The maximum atomic E-state index is 13.1. The Kier molecular flexibility index (Phi) is 6.92. The normalized spacial score (nSPS) is 38.6. The average molecular weight is 473 g/mol. The molecule has 4 aliphatic rings. The van der Waals surface area contributed by atoms with Gasteiger partial charge in [-0.1, -0.05) is 89.8 Å². The van der Waals surface area contributed by atoms with Gasteiger partial charge < -0.3 is 0 Å². The molecule has 0 bridgehead atoms. The summed E-state index contributed by atoms with van der Waals surface area (Å²) in [5.74, 6) is 5.33. The molecule has 1 aromatic rings. The summed E-state index contributed by atoms with van der Waals surface area (Å²) < 4.78 is 0. The zero-order chi connectivity index (χ0) is 24.8. The second kappa shape index (κ2) is 9.68. The molecule has 3 fully saturated rings. The maximum absolute atomic E-state index is 13.1. The smallest absolute Gasteiger partial charge is 0.181 e. The molecule has 0 heterocycles. The summed E-state index contributed by atoms with van der Waals surface area (Å²) in [7, 11) is 0. The lowest BCUT2D eigenvalue weighted by Gasteiger charge is -2.58. The summed E-state index contributed by atoms with van der Waals surface area (Å²) in [5, 5.41) is 0. The Balaban J connectivity index is 1.36. The van der Waals surface area contributed by atoms with Crippen LogP contribution in [0.15, 0.2) is 47.6 Å². The number of benzene rings is 1. The molecule has 0 amide bonds. The highest BCUT2D eigenvalue weighted by molar-refractivity contribution is 6.08. The van der Waals surface area contributed by atoms with E-state index in [4.69, 9.17) is 0 Å². The van der Waals surface area contributed by atoms with Crippen LogP contribution in [0.1, 0.15) is 104 Å². The van der Waals surface area contributed by atoms with Gasteiger partial charge in [0.1, 0.15) is 0 Å². The van der Waals surface area contributed by atoms with E-state index in [0.717, 1.165) is 59.5 Å². The molecular formula is C34H48O. The van der Waals surface area contributed by atoms with E-state index >= 15 is 0 Å². The largest absolute Gasteiger partial charge is 0.290 e. The first kappa shape index (κ1) is 25.0. The molecule has 1 nitrogen and oxygen atoms in total. The number of carbonyl (C=O) groups excluding carboxylic acids is 1. The zero-order valence-electron chi connectivity index (χ0n) is 23.0. The van der Waals surface area contributed by atoms with Gasteiger partial charge in [0.15, 0.2) is 5.78 Å². The molecule has 7 atom stereocenters. The van der Waals surface area contributed by atoms with Crippen LogP contribution in [0.25, 0.3) is 6.08 Å². The fraction of sp³-hybridized carbons (Fsp3) is 0.676. The number of carbonyl (C=O) groups is 1. The molecule has 0 aromatic heterocycles. The third kappa shape index (κ3) is 4.51. The van der Waals surface area contributed by atoms with Crippen LogP contribution in [0.3, 0.4) is 0 Å². The summed E-state index contributed by atoms with van der Waals surface area (Å²) >= 11 is 0. The standard InChI is InChI=1S/C34H48O/c1-23(2)10-9-11-24(3)29-16-17-30-28-15-14-27-21-32(35)26(20-25-12-7-6-8-13-25)22-34(27,5)31(28)18-19-33(29,30)4/h6-8,12-13,20-21,23-24,28-31H,9-11,14-19,22H2,1-5H3/b26-20-/t24-,28+,29-,30+,31+,33-,34+/m1/s1. The first-order chi connectivity index (χ1) is 16.7. The van der Waals surface area contributed by atoms with Crippen molar-refractivity contribution in [3.05, 3.63) is 53.1 Å². The van der Waals surface area contributed by atoms with Gasteiger partial charge >= 0.3 is 0 Å². The van der Waals surface area contributed by atoms with Gasteiger partial charge in [0.05, 0.1) is 0 Å². The number of hydrogen-bond donors (Lipinski definition) is 0. The number of allylic oxidation sites excluding steroid dienone is 2. The molecule has 5 rings (SSSR count). The lowest BCUT2D eigenvalue weighted by molar-refractivity contribution is -0.113. The van der Waals surface area contributed by atoms with E-state index in [2.05, 4.69) is 77.1 Å².